The zero-order valence-electron chi connectivity index (χ0n) is 16.9. The number of hydrogen-bond donors (Lipinski definition) is 1. The van der Waals surface area contributed by atoms with Crippen LogP contribution in [-0.4, -0.2) is 74.5 Å². The van der Waals surface area contributed by atoms with Crippen molar-refractivity contribution < 1.29 is 4.48 Å². The number of H-pyrrole nitrogens is 1. The molecule has 3 heterocycles. The first-order valence-electron chi connectivity index (χ1n) is 9.71. The molecule has 0 unspecified atom stereocenters. The summed E-state index contributed by atoms with van der Waals surface area (Å²) in [6.45, 7) is 8.67. The van der Waals surface area contributed by atoms with E-state index in [1.54, 1.807) is 12.5 Å². The second kappa shape index (κ2) is 7.20. The first kappa shape index (κ1) is 18.4. The minimum absolute atomic E-state index is 0.720. The molecule has 0 aliphatic rings. The van der Waals surface area contributed by atoms with E-state index >= 15 is 0 Å². The highest BCUT2D eigenvalue weighted by Crippen LogP contribution is 2.21. The summed E-state index contributed by atoms with van der Waals surface area (Å²) in [4.78, 5) is 15.9. The lowest BCUT2D eigenvalue weighted by Crippen LogP contribution is -2.48. The summed E-state index contributed by atoms with van der Waals surface area (Å²) in [6, 6.07) is 6.14. The lowest BCUT2D eigenvalue weighted by atomic mass is 10.2. The van der Waals surface area contributed by atoms with Gasteiger partial charge in [-0.2, -0.15) is 10.1 Å². The van der Waals surface area contributed by atoms with Gasteiger partial charge in [0.15, 0.2) is 5.65 Å². The molecule has 8 nitrogen and oxygen atoms in total. The van der Waals surface area contributed by atoms with Crippen LogP contribution in [-0.2, 0) is 0 Å². The van der Waals surface area contributed by atoms with Gasteiger partial charge in [0.1, 0.15) is 11.8 Å². The van der Waals surface area contributed by atoms with Gasteiger partial charge in [-0.3, -0.25) is 9.67 Å². The molecule has 28 heavy (non-hydrogen) atoms. The third-order valence-electron chi connectivity index (χ3n) is 5.82. The molecular weight excluding hydrogens is 352 g/mol. The maximum Gasteiger partial charge on any atom is 0.227 e. The molecule has 0 aliphatic heterocycles. The number of benzene rings is 1. The van der Waals surface area contributed by atoms with Gasteiger partial charge in [-0.15, -0.1) is 0 Å². The van der Waals surface area contributed by atoms with E-state index in [0.717, 1.165) is 64.4 Å². The topological polar surface area (TPSA) is 75.5 Å². The van der Waals surface area contributed by atoms with E-state index in [4.69, 9.17) is 4.98 Å². The normalized spacial score (nSPS) is 12.1. The predicted molar refractivity (Wildman–Crippen MR) is 112 cm³/mol. The SMILES string of the molecule is CC[N+](C)(CC)CCN(C)c1ncc2ncn(-c3ccc4[nH]ncc4c3)c2n1. The lowest BCUT2D eigenvalue weighted by molar-refractivity contribution is -0.904. The monoisotopic (exact) mass is 379 g/mol. The van der Waals surface area contributed by atoms with Crippen LogP contribution >= 0.6 is 0 Å². The zero-order valence-corrected chi connectivity index (χ0v) is 16.9. The van der Waals surface area contributed by atoms with Crippen molar-refractivity contribution in [1.29, 1.82) is 0 Å². The molecule has 3 aromatic heterocycles. The highest BCUT2D eigenvalue weighted by molar-refractivity contribution is 5.81. The second-order valence-corrected chi connectivity index (χ2v) is 7.53. The molecule has 1 aromatic carbocycles. The van der Waals surface area contributed by atoms with Gasteiger partial charge in [0, 0.05) is 18.1 Å². The number of aromatic amines is 1. The maximum atomic E-state index is 4.82. The Morgan fingerprint density at radius 1 is 1.14 bits per heavy atom. The largest absolute Gasteiger partial charge is 0.338 e. The molecule has 4 aromatic rings. The highest BCUT2D eigenvalue weighted by atomic mass is 15.4. The summed E-state index contributed by atoms with van der Waals surface area (Å²) in [5, 5.41) is 8.13. The fourth-order valence-electron chi connectivity index (χ4n) is 3.28. The average Bonchev–Trinajstić information content (AvgIpc) is 3.37. The number of likely N-dealkylation sites (N-methyl/N-ethyl adjacent to an activating group) is 2. The third kappa shape index (κ3) is 3.31. The molecule has 0 radical (unpaired) electrons. The number of hydrogen-bond acceptors (Lipinski definition) is 5. The van der Waals surface area contributed by atoms with Gasteiger partial charge >= 0.3 is 0 Å². The van der Waals surface area contributed by atoms with Gasteiger partial charge in [0.25, 0.3) is 0 Å². The smallest absolute Gasteiger partial charge is 0.227 e. The van der Waals surface area contributed by atoms with Gasteiger partial charge < -0.3 is 9.38 Å². The number of anilines is 1. The quantitative estimate of drug-likeness (QED) is 0.500. The molecular formula is C20H27N8+. The highest BCUT2D eigenvalue weighted by Gasteiger charge is 2.18. The molecule has 0 spiro atoms. The Labute approximate surface area is 164 Å². The van der Waals surface area contributed by atoms with Crippen LogP contribution < -0.4 is 4.90 Å². The number of fused-ring (bicyclic) bond motifs is 2. The van der Waals surface area contributed by atoms with E-state index in [1.807, 2.05) is 22.9 Å². The fourth-order valence-corrected chi connectivity index (χ4v) is 3.28. The Morgan fingerprint density at radius 3 is 2.75 bits per heavy atom. The summed E-state index contributed by atoms with van der Waals surface area (Å²) >= 11 is 0. The molecule has 0 atom stereocenters. The Hall–Kier alpha value is -3.00. The first-order valence-corrected chi connectivity index (χ1v) is 9.71. The van der Waals surface area contributed by atoms with Crippen molar-refractivity contribution in [2.75, 3.05) is 45.2 Å². The van der Waals surface area contributed by atoms with E-state index in [1.165, 1.54) is 0 Å². The number of rotatable bonds is 7. The Bertz CT molecular complexity index is 1090. The number of quaternary nitrogens is 1. The van der Waals surface area contributed by atoms with Crippen LogP contribution in [0.15, 0.2) is 36.9 Å². The third-order valence-corrected chi connectivity index (χ3v) is 5.82. The molecule has 0 aliphatic carbocycles. The summed E-state index contributed by atoms with van der Waals surface area (Å²) in [5.74, 6) is 0.720. The molecule has 0 saturated heterocycles. The van der Waals surface area contributed by atoms with Crippen LogP contribution in [0.25, 0.3) is 27.8 Å². The van der Waals surface area contributed by atoms with Gasteiger partial charge in [-0.25, -0.2) is 9.97 Å². The van der Waals surface area contributed by atoms with Crippen LogP contribution in [0.5, 0.6) is 0 Å². The minimum atomic E-state index is 0.720. The molecule has 0 saturated carbocycles. The summed E-state index contributed by atoms with van der Waals surface area (Å²) in [5.41, 5.74) is 3.61. The van der Waals surface area contributed by atoms with Crippen molar-refractivity contribution in [2.24, 2.45) is 0 Å². The van der Waals surface area contributed by atoms with E-state index in [2.05, 4.69) is 59.1 Å². The maximum absolute atomic E-state index is 4.82. The van der Waals surface area contributed by atoms with E-state index in [-0.39, 0.29) is 0 Å². The van der Waals surface area contributed by atoms with Crippen molar-refractivity contribution in [3.8, 4) is 5.69 Å². The summed E-state index contributed by atoms with van der Waals surface area (Å²) < 4.78 is 3.04. The van der Waals surface area contributed by atoms with Gasteiger partial charge in [0.2, 0.25) is 5.95 Å². The standard InChI is InChI=1S/C20H27N8/c1-5-28(4,6-2)10-9-26(3)20-21-13-18-19(24-20)27(14-22-18)16-7-8-17-15(11-16)12-23-25-17/h7-8,11-14H,5-6,9-10H2,1-4H3,(H,23,25)/q+1. The number of nitrogens with one attached hydrogen (secondary N) is 1. The predicted octanol–water partition coefficient (Wildman–Crippen LogP) is 2.61. The van der Waals surface area contributed by atoms with Gasteiger partial charge in [-0.05, 0) is 32.0 Å². The number of imidazole rings is 1. The number of aromatic nitrogens is 6. The van der Waals surface area contributed by atoms with Crippen molar-refractivity contribution >= 4 is 28.0 Å². The Morgan fingerprint density at radius 2 is 1.96 bits per heavy atom. The van der Waals surface area contributed by atoms with Crippen LogP contribution in [0.3, 0.4) is 0 Å². The van der Waals surface area contributed by atoms with E-state index in [9.17, 15) is 0 Å². The van der Waals surface area contributed by atoms with Gasteiger partial charge in [-0.1, -0.05) is 0 Å². The van der Waals surface area contributed by atoms with Crippen molar-refractivity contribution in [1.82, 2.24) is 29.7 Å². The minimum Gasteiger partial charge on any atom is -0.338 e. The van der Waals surface area contributed by atoms with Crippen LogP contribution in [0.2, 0.25) is 0 Å². The molecule has 1 N–H and O–H groups in total. The molecule has 0 fully saturated rings. The van der Waals surface area contributed by atoms with Crippen LogP contribution in [0.4, 0.5) is 5.95 Å². The van der Waals surface area contributed by atoms with Gasteiger partial charge in [0.05, 0.1) is 51.1 Å². The Kier molecular flexibility index (Phi) is 4.72. The van der Waals surface area contributed by atoms with Crippen LogP contribution in [0, 0.1) is 0 Å². The van der Waals surface area contributed by atoms with Crippen molar-refractivity contribution in [3.05, 3.63) is 36.9 Å². The molecule has 8 heteroatoms. The lowest BCUT2D eigenvalue weighted by Gasteiger charge is -2.33. The summed E-state index contributed by atoms with van der Waals surface area (Å²) in [7, 11) is 4.34. The fraction of sp³-hybridized carbons (Fsp3) is 0.400. The Balaban J connectivity index is 1.64. The van der Waals surface area contributed by atoms with E-state index in [0.29, 0.717) is 0 Å². The molecule has 0 bridgehead atoms. The number of nitrogens with zero attached hydrogens (tertiary/aromatic N) is 7. The second-order valence-electron chi connectivity index (χ2n) is 7.53. The van der Waals surface area contributed by atoms with E-state index < -0.39 is 0 Å². The molecule has 146 valence electrons. The summed E-state index contributed by atoms with van der Waals surface area (Å²) in [6.07, 6.45) is 5.42. The zero-order chi connectivity index (χ0) is 19.7. The first-order chi connectivity index (χ1) is 13.5. The van der Waals surface area contributed by atoms with Crippen LogP contribution in [0.1, 0.15) is 13.8 Å². The molecule has 0 amide bonds. The van der Waals surface area contributed by atoms with Crippen molar-refractivity contribution in [2.45, 2.75) is 13.8 Å². The average molecular weight is 379 g/mol. The molecule has 4 rings (SSSR count). The van der Waals surface area contributed by atoms with Crippen molar-refractivity contribution in [3.63, 3.8) is 0 Å².